The van der Waals surface area contributed by atoms with Gasteiger partial charge in [-0.1, -0.05) is 60.7 Å². The normalized spacial score (nSPS) is 11.4. The average molecular weight is 298 g/mol. The standard InChI is InChI=1S/C17H15OPS/c1-14-12-17(20-13-14)19(18,15-8-4-2-5-9-15)16-10-6-3-7-11-16/h2-13H,1H3. The maximum absolute atomic E-state index is 13.8. The summed E-state index contributed by atoms with van der Waals surface area (Å²) in [5, 5.41) is 3.86. The van der Waals surface area contributed by atoms with E-state index in [0.717, 1.165) is 20.8 Å². The monoisotopic (exact) mass is 298 g/mol. The molecule has 0 unspecified atom stereocenters. The molecule has 0 N–H and O–H groups in total. The average Bonchev–Trinajstić information content (AvgIpc) is 2.95. The molecule has 1 nitrogen and oxygen atoms in total. The highest BCUT2D eigenvalue weighted by molar-refractivity contribution is 7.89. The minimum atomic E-state index is -2.74. The molecular weight excluding hydrogens is 283 g/mol. The fraction of sp³-hybridized carbons (Fsp3) is 0.0588. The van der Waals surface area contributed by atoms with Crippen LogP contribution in [0.1, 0.15) is 5.56 Å². The summed E-state index contributed by atoms with van der Waals surface area (Å²) in [7, 11) is -2.74. The Kier molecular flexibility index (Phi) is 3.60. The first-order chi connectivity index (χ1) is 9.71. The third-order valence-electron chi connectivity index (χ3n) is 3.27. The van der Waals surface area contributed by atoms with Crippen LogP contribution in [0.3, 0.4) is 0 Å². The van der Waals surface area contributed by atoms with Crippen molar-refractivity contribution in [2.45, 2.75) is 6.92 Å². The number of rotatable bonds is 3. The smallest absolute Gasteiger partial charge is 0.180 e. The molecule has 0 radical (unpaired) electrons. The molecule has 0 saturated heterocycles. The first-order valence-corrected chi connectivity index (χ1v) is 9.07. The van der Waals surface area contributed by atoms with Gasteiger partial charge >= 0.3 is 0 Å². The van der Waals surface area contributed by atoms with Gasteiger partial charge in [0.05, 0.1) is 4.62 Å². The highest BCUT2D eigenvalue weighted by Gasteiger charge is 2.30. The molecule has 0 aliphatic carbocycles. The van der Waals surface area contributed by atoms with Crippen molar-refractivity contribution in [3.05, 3.63) is 77.7 Å². The van der Waals surface area contributed by atoms with E-state index in [-0.39, 0.29) is 0 Å². The number of thiophene rings is 1. The van der Waals surface area contributed by atoms with Crippen LogP contribution in [0, 0.1) is 6.92 Å². The second-order valence-corrected chi connectivity index (χ2v) is 8.69. The minimum Gasteiger partial charge on any atom is -0.308 e. The quantitative estimate of drug-likeness (QED) is 0.674. The number of hydrogen-bond acceptors (Lipinski definition) is 2. The summed E-state index contributed by atoms with van der Waals surface area (Å²) >= 11 is 1.58. The molecule has 0 saturated carbocycles. The van der Waals surface area contributed by atoms with Crippen molar-refractivity contribution in [1.82, 2.24) is 0 Å². The number of hydrogen-bond donors (Lipinski definition) is 0. The van der Waals surface area contributed by atoms with Crippen LogP contribution in [0.15, 0.2) is 72.1 Å². The summed E-state index contributed by atoms with van der Waals surface area (Å²) < 4.78 is 14.8. The molecular formula is C17H15OPS. The molecule has 0 aliphatic heterocycles. The summed E-state index contributed by atoms with van der Waals surface area (Å²) in [6, 6.07) is 21.6. The highest BCUT2D eigenvalue weighted by Crippen LogP contribution is 2.43. The predicted molar refractivity (Wildman–Crippen MR) is 88.4 cm³/mol. The van der Waals surface area contributed by atoms with E-state index in [0.29, 0.717) is 0 Å². The first kappa shape index (κ1) is 13.4. The molecule has 0 fully saturated rings. The molecule has 3 heteroatoms. The van der Waals surface area contributed by atoms with Gasteiger partial charge in [-0.15, -0.1) is 11.3 Å². The van der Waals surface area contributed by atoms with Gasteiger partial charge in [0.2, 0.25) is 0 Å². The van der Waals surface area contributed by atoms with Crippen molar-refractivity contribution >= 4 is 33.7 Å². The van der Waals surface area contributed by atoms with E-state index < -0.39 is 7.14 Å². The van der Waals surface area contributed by atoms with Crippen LogP contribution in [0.25, 0.3) is 0 Å². The molecule has 100 valence electrons. The Morgan fingerprint density at radius 2 is 1.35 bits per heavy atom. The van der Waals surface area contributed by atoms with Gasteiger partial charge in [-0.3, -0.25) is 0 Å². The van der Waals surface area contributed by atoms with Crippen molar-refractivity contribution in [2.75, 3.05) is 0 Å². The third kappa shape index (κ3) is 2.26. The zero-order valence-corrected chi connectivity index (χ0v) is 12.9. The molecule has 0 bridgehead atoms. The van der Waals surface area contributed by atoms with Crippen LogP contribution >= 0.6 is 18.5 Å². The Hall–Kier alpha value is -1.63. The zero-order valence-electron chi connectivity index (χ0n) is 11.2. The van der Waals surface area contributed by atoms with Crippen LogP contribution in [-0.2, 0) is 4.57 Å². The number of benzene rings is 2. The van der Waals surface area contributed by atoms with Crippen LogP contribution in [0.5, 0.6) is 0 Å². The van der Waals surface area contributed by atoms with Crippen molar-refractivity contribution < 1.29 is 4.57 Å². The van der Waals surface area contributed by atoms with Crippen molar-refractivity contribution in [3.8, 4) is 0 Å². The van der Waals surface area contributed by atoms with E-state index in [1.54, 1.807) is 11.3 Å². The lowest BCUT2D eigenvalue weighted by Crippen LogP contribution is -2.23. The van der Waals surface area contributed by atoms with Gasteiger partial charge in [-0.2, -0.15) is 0 Å². The van der Waals surface area contributed by atoms with Gasteiger partial charge in [0.25, 0.3) is 0 Å². The van der Waals surface area contributed by atoms with Crippen LogP contribution in [0.4, 0.5) is 0 Å². The molecule has 2 aromatic carbocycles. The molecule has 1 aromatic heterocycles. The van der Waals surface area contributed by atoms with E-state index in [4.69, 9.17) is 0 Å². The van der Waals surface area contributed by atoms with Crippen molar-refractivity contribution in [1.29, 1.82) is 0 Å². The third-order valence-corrected chi connectivity index (χ3v) is 8.00. The lowest BCUT2D eigenvalue weighted by atomic mass is 10.4. The van der Waals surface area contributed by atoms with Gasteiger partial charge in [0.15, 0.2) is 7.14 Å². The Bertz CT molecular complexity index is 703. The van der Waals surface area contributed by atoms with Crippen molar-refractivity contribution in [2.24, 2.45) is 0 Å². The summed E-state index contributed by atoms with van der Waals surface area (Å²) in [5.74, 6) is 0. The fourth-order valence-electron chi connectivity index (χ4n) is 2.26. The molecule has 1 heterocycles. The Balaban J connectivity index is 2.26. The Morgan fingerprint density at radius 1 is 0.850 bits per heavy atom. The van der Waals surface area contributed by atoms with Gasteiger partial charge < -0.3 is 4.57 Å². The SMILES string of the molecule is Cc1csc(P(=O)(c2ccccc2)c2ccccc2)c1. The van der Waals surface area contributed by atoms with Gasteiger partial charge in [0, 0.05) is 10.6 Å². The Labute approximate surface area is 123 Å². The molecule has 20 heavy (non-hydrogen) atoms. The van der Waals surface area contributed by atoms with E-state index in [9.17, 15) is 4.57 Å². The van der Waals surface area contributed by atoms with Crippen LogP contribution in [-0.4, -0.2) is 0 Å². The maximum atomic E-state index is 13.8. The molecule has 3 aromatic rings. The van der Waals surface area contributed by atoms with Crippen LogP contribution in [0.2, 0.25) is 0 Å². The van der Waals surface area contributed by atoms with Crippen LogP contribution < -0.4 is 15.2 Å². The Morgan fingerprint density at radius 3 is 1.75 bits per heavy atom. The molecule has 0 atom stereocenters. The second kappa shape index (κ2) is 5.40. The summed E-state index contributed by atoms with van der Waals surface area (Å²) in [4.78, 5) is 0. The van der Waals surface area contributed by atoms with E-state index >= 15 is 0 Å². The first-order valence-electron chi connectivity index (χ1n) is 6.48. The van der Waals surface area contributed by atoms with E-state index in [2.05, 4.69) is 5.38 Å². The molecule has 0 aliphatic rings. The van der Waals surface area contributed by atoms with E-state index in [1.807, 2.05) is 73.7 Å². The highest BCUT2D eigenvalue weighted by atomic mass is 32.1. The van der Waals surface area contributed by atoms with E-state index in [1.165, 1.54) is 0 Å². The van der Waals surface area contributed by atoms with Crippen molar-refractivity contribution in [3.63, 3.8) is 0 Å². The maximum Gasteiger partial charge on any atom is 0.180 e. The topological polar surface area (TPSA) is 17.1 Å². The molecule has 0 spiro atoms. The largest absolute Gasteiger partial charge is 0.308 e. The number of aryl methyl sites for hydroxylation is 1. The van der Waals surface area contributed by atoms with Gasteiger partial charge in [-0.05, 0) is 23.9 Å². The molecule has 3 rings (SSSR count). The summed E-state index contributed by atoms with van der Waals surface area (Å²) in [5.41, 5.74) is 1.16. The summed E-state index contributed by atoms with van der Waals surface area (Å²) in [6.07, 6.45) is 0. The lowest BCUT2D eigenvalue weighted by molar-refractivity contribution is 0.593. The lowest BCUT2D eigenvalue weighted by Gasteiger charge is -2.17. The fourth-order valence-corrected chi connectivity index (χ4v) is 6.65. The predicted octanol–water partition coefficient (Wildman–Crippen LogP) is 3.70. The second-order valence-electron chi connectivity index (χ2n) is 4.74. The van der Waals surface area contributed by atoms with Gasteiger partial charge in [-0.25, -0.2) is 0 Å². The minimum absolute atomic E-state index is 0.896. The van der Waals surface area contributed by atoms with Gasteiger partial charge in [0.1, 0.15) is 0 Å². The summed E-state index contributed by atoms with van der Waals surface area (Å²) in [6.45, 7) is 2.04. The molecule has 0 amide bonds. The zero-order chi connectivity index (χ0) is 14.0.